The van der Waals surface area contributed by atoms with Crippen LogP contribution in [0.15, 0.2) is 88.2 Å². The van der Waals surface area contributed by atoms with Gasteiger partial charge in [0, 0.05) is 17.6 Å². The molecule has 0 saturated heterocycles. The fraction of sp³-hybridized carbons (Fsp3) is 0.0476. The van der Waals surface area contributed by atoms with Crippen molar-refractivity contribution in [2.45, 2.75) is 6.04 Å². The molecule has 26 heavy (non-hydrogen) atoms. The molecule has 2 aromatic carbocycles. The van der Waals surface area contributed by atoms with Crippen molar-refractivity contribution in [3.05, 3.63) is 106 Å². The highest BCUT2D eigenvalue weighted by molar-refractivity contribution is 5.94. The summed E-state index contributed by atoms with van der Waals surface area (Å²) in [7, 11) is 0. The van der Waals surface area contributed by atoms with Crippen LogP contribution >= 0.6 is 0 Å². The highest BCUT2D eigenvalue weighted by Gasteiger charge is 2.21. The maximum absolute atomic E-state index is 12.7. The van der Waals surface area contributed by atoms with Gasteiger partial charge >= 0.3 is 0 Å². The number of pyridine rings is 1. The van der Waals surface area contributed by atoms with Crippen LogP contribution in [0.25, 0.3) is 11.0 Å². The number of hydrogen-bond acceptors (Lipinski definition) is 3. The summed E-state index contributed by atoms with van der Waals surface area (Å²) in [5.41, 5.74) is 1.80. The number of H-pyrrole nitrogens is 1. The number of benzene rings is 2. The van der Waals surface area contributed by atoms with Gasteiger partial charge in [0.2, 0.25) is 5.56 Å². The highest BCUT2D eigenvalue weighted by Crippen LogP contribution is 2.28. The lowest BCUT2D eigenvalue weighted by molar-refractivity contribution is 0.0939. The largest absolute Gasteiger partial charge is 0.459 e. The van der Waals surface area contributed by atoms with Crippen molar-refractivity contribution in [3.63, 3.8) is 0 Å². The van der Waals surface area contributed by atoms with Crippen molar-refractivity contribution in [2.24, 2.45) is 0 Å². The molecular formula is C21H16N2O3. The summed E-state index contributed by atoms with van der Waals surface area (Å²) in [4.78, 5) is 26.4. The molecule has 2 aromatic heterocycles. The standard InChI is InChI=1S/C21H16N2O3/c24-19-11-10-16(13-22-19)21(25)23-20(14-6-2-1-3-7-14)18-12-15-8-4-5-9-17(15)26-18/h1-13,20H,(H,22,24)(H,23,25). The molecule has 1 unspecified atom stereocenters. The Labute approximate surface area is 149 Å². The van der Waals surface area contributed by atoms with Gasteiger partial charge in [0.05, 0.1) is 5.56 Å². The van der Waals surface area contributed by atoms with Gasteiger partial charge in [-0.2, -0.15) is 0 Å². The molecule has 0 saturated carbocycles. The van der Waals surface area contributed by atoms with Crippen LogP contribution in [0.2, 0.25) is 0 Å². The van der Waals surface area contributed by atoms with Crippen LogP contribution in [0.1, 0.15) is 27.7 Å². The van der Waals surface area contributed by atoms with Gasteiger partial charge in [-0.3, -0.25) is 9.59 Å². The minimum atomic E-state index is -0.442. The Balaban J connectivity index is 1.72. The normalized spacial score (nSPS) is 12.0. The Morgan fingerprint density at radius 3 is 2.46 bits per heavy atom. The van der Waals surface area contributed by atoms with E-state index >= 15 is 0 Å². The van der Waals surface area contributed by atoms with E-state index in [4.69, 9.17) is 4.42 Å². The van der Waals surface area contributed by atoms with E-state index in [-0.39, 0.29) is 11.5 Å². The molecule has 0 bridgehead atoms. The molecule has 0 spiro atoms. The number of carbonyl (C=O) groups excluding carboxylic acids is 1. The number of fused-ring (bicyclic) bond motifs is 1. The number of hydrogen-bond donors (Lipinski definition) is 2. The van der Waals surface area contributed by atoms with E-state index < -0.39 is 6.04 Å². The van der Waals surface area contributed by atoms with Crippen molar-refractivity contribution in [3.8, 4) is 0 Å². The molecule has 0 fully saturated rings. The number of para-hydroxylation sites is 1. The third kappa shape index (κ3) is 3.15. The summed E-state index contributed by atoms with van der Waals surface area (Å²) in [6.45, 7) is 0. The zero-order valence-corrected chi connectivity index (χ0v) is 13.8. The molecule has 5 heteroatoms. The van der Waals surface area contributed by atoms with Crippen LogP contribution in [0, 0.1) is 0 Å². The maximum atomic E-state index is 12.7. The van der Waals surface area contributed by atoms with Crippen molar-refractivity contribution < 1.29 is 9.21 Å². The molecule has 0 radical (unpaired) electrons. The fourth-order valence-corrected chi connectivity index (χ4v) is 2.88. The molecule has 2 N–H and O–H groups in total. The Morgan fingerprint density at radius 2 is 1.73 bits per heavy atom. The lowest BCUT2D eigenvalue weighted by Gasteiger charge is -2.17. The monoisotopic (exact) mass is 344 g/mol. The van der Waals surface area contributed by atoms with E-state index in [1.165, 1.54) is 18.3 Å². The first-order valence-electron chi connectivity index (χ1n) is 8.24. The minimum Gasteiger partial charge on any atom is -0.459 e. The van der Waals surface area contributed by atoms with Gasteiger partial charge in [-0.15, -0.1) is 0 Å². The molecule has 128 valence electrons. The minimum absolute atomic E-state index is 0.251. The first-order valence-corrected chi connectivity index (χ1v) is 8.24. The van der Waals surface area contributed by atoms with Crippen molar-refractivity contribution in [2.75, 3.05) is 0 Å². The van der Waals surface area contributed by atoms with Crippen LogP contribution in [-0.4, -0.2) is 10.9 Å². The Kier molecular flexibility index (Phi) is 4.11. The van der Waals surface area contributed by atoms with Crippen molar-refractivity contribution in [1.82, 2.24) is 10.3 Å². The van der Waals surface area contributed by atoms with Crippen LogP contribution in [-0.2, 0) is 0 Å². The van der Waals surface area contributed by atoms with Gasteiger partial charge in [-0.25, -0.2) is 0 Å². The van der Waals surface area contributed by atoms with E-state index in [0.29, 0.717) is 11.3 Å². The summed E-state index contributed by atoms with van der Waals surface area (Å²) in [6, 6.07) is 21.6. The topological polar surface area (TPSA) is 75.1 Å². The Hall–Kier alpha value is -3.60. The number of amides is 1. The van der Waals surface area contributed by atoms with Gasteiger partial charge in [0.1, 0.15) is 17.4 Å². The highest BCUT2D eigenvalue weighted by atomic mass is 16.3. The Morgan fingerprint density at radius 1 is 0.962 bits per heavy atom. The number of furan rings is 1. The van der Waals surface area contributed by atoms with E-state index in [2.05, 4.69) is 10.3 Å². The summed E-state index contributed by atoms with van der Waals surface area (Å²) in [5, 5.41) is 3.97. The zero-order chi connectivity index (χ0) is 17.9. The second-order valence-corrected chi connectivity index (χ2v) is 5.95. The summed E-state index contributed by atoms with van der Waals surface area (Å²) < 4.78 is 5.97. The maximum Gasteiger partial charge on any atom is 0.253 e. The van der Waals surface area contributed by atoms with E-state index in [1.807, 2.05) is 60.7 Å². The lowest BCUT2D eigenvalue weighted by atomic mass is 10.0. The first kappa shape index (κ1) is 15.9. The summed E-state index contributed by atoms with van der Waals surface area (Å²) >= 11 is 0. The quantitative estimate of drug-likeness (QED) is 0.593. The molecule has 0 aliphatic rings. The van der Waals surface area contributed by atoms with Crippen molar-refractivity contribution in [1.29, 1.82) is 0 Å². The molecule has 2 heterocycles. The predicted octanol–water partition coefficient (Wildman–Crippen LogP) is 3.64. The van der Waals surface area contributed by atoms with E-state index in [0.717, 1.165) is 16.5 Å². The molecule has 1 amide bonds. The molecule has 4 aromatic rings. The number of rotatable bonds is 4. The number of aromatic amines is 1. The Bertz CT molecular complexity index is 1060. The molecule has 0 aliphatic carbocycles. The third-order valence-corrected chi connectivity index (χ3v) is 4.18. The molecule has 4 rings (SSSR count). The first-order chi connectivity index (χ1) is 12.7. The lowest BCUT2D eigenvalue weighted by Crippen LogP contribution is -2.29. The fourth-order valence-electron chi connectivity index (χ4n) is 2.88. The molecule has 5 nitrogen and oxygen atoms in total. The van der Waals surface area contributed by atoms with Gasteiger partial charge in [0.25, 0.3) is 5.91 Å². The van der Waals surface area contributed by atoms with Crippen LogP contribution in [0.5, 0.6) is 0 Å². The zero-order valence-electron chi connectivity index (χ0n) is 13.8. The number of carbonyl (C=O) groups is 1. The van der Waals surface area contributed by atoms with Gasteiger partial charge in [-0.1, -0.05) is 48.5 Å². The smallest absolute Gasteiger partial charge is 0.253 e. The van der Waals surface area contributed by atoms with E-state index in [1.54, 1.807) is 0 Å². The van der Waals surface area contributed by atoms with Gasteiger partial charge in [-0.05, 0) is 23.8 Å². The van der Waals surface area contributed by atoms with E-state index in [9.17, 15) is 9.59 Å². The average molecular weight is 344 g/mol. The summed E-state index contributed by atoms with van der Waals surface area (Å²) in [5.74, 6) is 0.353. The van der Waals surface area contributed by atoms with Crippen molar-refractivity contribution >= 4 is 16.9 Å². The average Bonchev–Trinajstić information content (AvgIpc) is 3.11. The third-order valence-electron chi connectivity index (χ3n) is 4.18. The molecule has 1 atom stereocenters. The predicted molar refractivity (Wildman–Crippen MR) is 99.0 cm³/mol. The second kappa shape index (κ2) is 6.72. The molecular weight excluding hydrogens is 328 g/mol. The van der Waals surface area contributed by atoms with Crippen LogP contribution < -0.4 is 10.9 Å². The van der Waals surface area contributed by atoms with Gasteiger partial charge < -0.3 is 14.7 Å². The van der Waals surface area contributed by atoms with Gasteiger partial charge in [0.15, 0.2) is 0 Å². The second-order valence-electron chi connectivity index (χ2n) is 5.95. The molecule has 0 aliphatic heterocycles. The number of aromatic nitrogens is 1. The van der Waals surface area contributed by atoms with Crippen LogP contribution in [0.3, 0.4) is 0 Å². The number of nitrogens with one attached hydrogen (secondary N) is 2. The van der Waals surface area contributed by atoms with Crippen LogP contribution in [0.4, 0.5) is 0 Å². The SMILES string of the molecule is O=C(NC(c1ccccc1)c1cc2ccccc2o1)c1ccc(=O)[nH]c1. The summed E-state index contributed by atoms with van der Waals surface area (Å²) in [6.07, 6.45) is 1.40.